The molecule has 0 spiro atoms. The second kappa shape index (κ2) is 4.61. The van der Waals surface area contributed by atoms with Crippen molar-refractivity contribution in [2.75, 3.05) is 0 Å². The SMILES string of the molecule is CC(=O)c1ccc(/C=C(\C)C(=O)O)c(O)c1. The summed E-state index contributed by atoms with van der Waals surface area (Å²) in [5, 5.41) is 18.3. The summed E-state index contributed by atoms with van der Waals surface area (Å²) >= 11 is 0. The van der Waals surface area contributed by atoms with Gasteiger partial charge in [-0.15, -0.1) is 0 Å². The maximum Gasteiger partial charge on any atom is 0.331 e. The number of rotatable bonds is 3. The van der Waals surface area contributed by atoms with Crippen LogP contribution in [0.2, 0.25) is 0 Å². The van der Waals surface area contributed by atoms with Crippen LogP contribution in [0.5, 0.6) is 5.75 Å². The third-order valence-electron chi connectivity index (χ3n) is 2.15. The zero-order valence-electron chi connectivity index (χ0n) is 9.02. The Morgan fingerprint density at radius 2 is 1.88 bits per heavy atom. The van der Waals surface area contributed by atoms with Crippen LogP contribution < -0.4 is 0 Å². The van der Waals surface area contributed by atoms with Crippen LogP contribution in [-0.2, 0) is 4.79 Å². The summed E-state index contributed by atoms with van der Waals surface area (Å²) in [6.07, 6.45) is 1.35. The smallest absolute Gasteiger partial charge is 0.331 e. The zero-order valence-corrected chi connectivity index (χ0v) is 9.02. The highest BCUT2D eigenvalue weighted by molar-refractivity contribution is 5.95. The molecule has 1 aromatic carbocycles. The highest BCUT2D eigenvalue weighted by atomic mass is 16.4. The lowest BCUT2D eigenvalue weighted by Gasteiger charge is -2.02. The Labute approximate surface area is 92.8 Å². The average molecular weight is 220 g/mol. The molecule has 0 radical (unpaired) electrons. The summed E-state index contributed by atoms with van der Waals surface area (Å²) in [4.78, 5) is 21.6. The van der Waals surface area contributed by atoms with Gasteiger partial charge in [-0.3, -0.25) is 4.79 Å². The Morgan fingerprint density at radius 1 is 1.25 bits per heavy atom. The number of aromatic hydroxyl groups is 1. The first-order valence-corrected chi connectivity index (χ1v) is 4.67. The van der Waals surface area contributed by atoms with Gasteiger partial charge in [0, 0.05) is 16.7 Å². The number of hydrogen-bond donors (Lipinski definition) is 2. The van der Waals surface area contributed by atoms with Gasteiger partial charge in [-0.05, 0) is 26.0 Å². The molecule has 1 rings (SSSR count). The van der Waals surface area contributed by atoms with Crippen LogP contribution in [-0.4, -0.2) is 22.0 Å². The lowest BCUT2D eigenvalue weighted by atomic mass is 10.1. The van der Waals surface area contributed by atoms with E-state index in [-0.39, 0.29) is 17.1 Å². The molecule has 16 heavy (non-hydrogen) atoms. The predicted octanol–water partition coefficient (Wildman–Crippen LogP) is 2.08. The van der Waals surface area contributed by atoms with Crippen molar-refractivity contribution in [1.29, 1.82) is 0 Å². The third-order valence-corrected chi connectivity index (χ3v) is 2.15. The molecule has 0 heterocycles. The Kier molecular flexibility index (Phi) is 3.45. The molecule has 2 N–H and O–H groups in total. The number of hydrogen-bond acceptors (Lipinski definition) is 3. The number of phenols is 1. The molecule has 0 amide bonds. The van der Waals surface area contributed by atoms with Crippen LogP contribution in [0, 0.1) is 0 Å². The first-order valence-electron chi connectivity index (χ1n) is 4.67. The summed E-state index contributed by atoms with van der Waals surface area (Å²) < 4.78 is 0. The molecular weight excluding hydrogens is 208 g/mol. The van der Waals surface area contributed by atoms with Crippen molar-refractivity contribution in [2.45, 2.75) is 13.8 Å². The van der Waals surface area contributed by atoms with E-state index in [9.17, 15) is 14.7 Å². The minimum atomic E-state index is -1.05. The lowest BCUT2D eigenvalue weighted by molar-refractivity contribution is -0.132. The van der Waals surface area contributed by atoms with Gasteiger partial charge in [-0.1, -0.05) is 12.1 Å². The second-order valence-corrected chi connectivity index (χ2v) is 3.46. The second-order valence-electron chi connectivity index (χ2n) is 3.46. The monoisotopic (exact) mass is 220 g/mol. The van der Waals surface area contributed by atoms with Crippen molar-refractivity contribution < 1.29 is 19.8 Å². The van der Waals surface area contributed by atoms with Crippen molar-refractivity contribution in [3.63, 3.8) is 0 Å². The predicted molar refractivity (Wildman–Crippen MR) is 59.4 cm³/mol. The molecule has 4 nitrogen and oxygen atoms in total. The number of aliphatic carboxylic acids is 1. The van der Waals surface area contributed by atoms with Crippen LogP contribution in [0.1, 0.15) is 29.8 Å². The number of phenolic OH excluding ortho intramolecular Hbond substituents is 1. The Bertz CT molecular complexity index is 472. The van der Waals surface area contributed by atoms with Crippen LogP contribution in [0.3, 0.4) is 0 Å². The van der Waals surface area contributed by atoms with E-state index >= 15 is 0 Å². The van der Waals surface area contributed by atoms with E-state index in [1.165, 1.54) is 32.1 Å². The quantitative estimate of drug-likeness (QED) is 0.604. The highest BCUT2D eigenvalue weighted by Crippen LogP contribution is 2.21. The van der Waals surface area contributed by atoms with E-state index in [1.807, 2.05) is 0 Å². The summed E-state index contributed by atoms with van der Waals surface area (Å²) in [7, 11) is 0. The van der Waals surface area contributed by atoms with Crippen LogP contribution >= 0.6 is 0 Å². The molecule has 0 atom stereocenters. The maximum atomic E-state index is 11.0. The molecule has 0 saturated heterocycles. The summed E-state index contributed by atoms with van der Waals surface area (Å²) in [5.41, 5.74) is 0.887. The van der Waals surface area contributed by atoms with Gasteiger partial charge in [0.1, 0.15) is 5.75 Å². The fourth-order valence-electron chi connectivity index (χ4n) is 1.18. The minimum Gasteiger partial charge on any atom is -0.507 e. The summed E-state index contributed by atoms with van der Waals surface area (Å²) in [5.74, 6) is -1.30. The van der Waals surface area contributed by atoms with Gasteiger partial charge in [0.2, 0.25) is 0 Å². The van der Waals surface area contributed by atoms with Gasteiger partial charge in [-0.2, -0.15) is 0 Å². The van der Waals surface area contributed by atoms with E-state index in [2.05, 4.69) is 0 Å². The van der Waals surface area contributed by atoms with Gasteiger partial charge in [0.15, 0.2) is 5.78 Å². The fourth-order valence-corrected chi connectivity index (χ4v) is 1.18. The van der Waals surface area contributed by atoms with Crippen LogP contribution in [0.15, 0.2) is 23.8 Å². The fraction of sp³-hybridized carbons (Fsp3) is 0.167. The van der Waals surface area contributed by atoms with Gasteiger partial charge in [0.25, 0.3) is 0 Å². The maximum absolute atomic E-state index is 11.0. The Balaban J connectivity index is 3.14. The standard InChI is InChI=1S/C12H12O4/c1-7(12(15)16)5-10-4-3-9(8(2)13)6-11(10)14/h3-6,14H,1-2H3,(H,15,16)/b7-5+. The van der Waals surface area contributed by atoms with Gasteiger partial charge in [-0.25, -0.2) is 4.79 Å². The van der Waals surface area contributed by atoms with Crippen molar-refractivity contribution in [1.82, 2.24) is 0 Å². The third kappa shape index (κ3) is 2.70. The molecule has 0 aliphatic carbocycles. The van der Waals surface area contributed by atoms with Gasteiger partial charge < -0.3 is 10.2 Å². The van der Waals surface area contributed by atoms with Crippen LogP contribution in [0.4, 0.5) is 0 Å². The summed E-state index contributed by atoms with van der Waals surface area (Å²) in [6, 6.07) is 4.38. The molecule has 4 heteroatoms. The first kappa shape index (κ1) is 12.0. The number of Topliss-reactive ketones (excluding diaryl/α,β-unsaturated/α-hetero) is 1. The molecule has 84 valence electrons. The highest BCUT2D eigenvalue weighted by Gasteiger charge is 2.06. The molecule has 1 aromatic rings. The molecule has 0 aliphatic rings. The number of carbonyl (C=O) groups excluding carboxylic acids is 1. The Morgan fingerprint density at radius 3 is 2.31 bits per heavy atom. The number of benzene rings is 1. The zero-order chi connectivity index (χ0) is 12.3. The minimum absolute atomic E-state index is 0.103. The molecule has 0 bridgehead atoms. The molecule has 0 saturated carbocycles. The first-order chi connectivity index (χ1) is 7.41. The number of carboxylic acids is 1. The van der Waals surface area contributed by atoms with Crippen molar-refractivity contribution >= 4 is 17.8 Å². The van der Waals surface area contributed by atoms with E-state index in [4.69, 9.17) is 5.11 Å². The largest absolute Gasteiger partial charge is 0.507 e. The molecule has 0 aromatic heterocycles. The molecule has 0 unspecified atom stereocenters. The number of carboxylic acid groups (broad SMARTS) is 1. The Hall–Kier alpha value is -2.10. The number of ketones is 1. The van der Waals surface area contributed by atoms with E-state index in [0.717, 1.165) is 0 Å². The average Bonchev–Trinajstić information content (AvgIpc) is 2.20. The topological polar surface area (TPSA) is 74.6 Å². The van der Waals surface area contributed by atoms with Crippen molar-refractivity contribution in [3.8, 4) is 5.75 Å². The van der Waals surface area contributed by atoms with Gasteiger partial charge in [0.05, 0.1) is 0 Å². The van der Waals surface area contributed by atoms with E-state index in [0.29, 0.717) is 11.1 Å². The number of carbonyl (C=O) groups is 2. The van der Waals surface area contributed by atoms with Gasteiger partial charge >= 0.3 is 5.97 Å². The van der Waals surface area contributed by atoms with E-state index in [1.54, 1.807) is 6.07 Å². The molecule has 0 fully saturated rings. The molecule has 0 aliphatic heterocycles. The van der Waals surface area contributed by atoms with E-state index < -0.39 is 5.97 Å². The summed E-state index contributed by atoms with van der Waals surface area (Å²) in [6.45, 7) is 2.83. The van der Waals surface area contributed by atoms with Crippen LogP contribution in [0.25, 0.3) is 6.08 Å². The lowest BCUT2D eigenvalue weighted by Crippen LogP contribution is -1.96. The normalized spacial score (nSPS) is 11.2. The van der Waals surface area contributed by atoms with Crippen molar-refractivity contribution in [3.05, 3.63) is 34.9 Å². The van der Waals surface area contributed by atoms with Crippen molar-refractivity contribution in [2.24, 2.45) is 0 Å². The molecular formula is C12H12O4.